The van der Waals surface area contributed by atoms with E-state index >= 15 is 0 Å². The van der Waals surface area contributed by atoms with E-state index in [1.54, 1.807) is 6.07 Å². The number of nitriles is 1. The number of hydrogen-bond donors (Lipinski definition) is 1. The predicted octanol–water partition coefficient (Wildman–Crippen LogP) is 3.41. The molecule has 14 heteroatoms. The average molecular weight is 492 g/mol. The lowest BCUT2D eigenvalue weighted by atomic mass is 10.1. The Balaban J connectivity index is 1.78. The third-order valence-electron chi connectivity index (χ3n) is 5.06. The van der Waals surface area contributed by atoms with Gasteiger partial charge in [-0.05, 0) is 19.1 Å². The normalized spacial score (nSPS) is 13.7. The number of nitrogens with one attached hydrogen (secondary N) is 1. The summed E-state index contributed by atoms with van der Waals surface area (Å²) in [7, 11) is 0. The molecule has 1 saturated heterocycles. The maximum absolute atomic E-state index is 13.6. The minimum atomic E-state index is -4.97. The second-order valence-electron chi connectivity index (χ2n) is 7.30. The molecule has 1 N–H and O–H groups in total. The number of non-ortho nitro benzene ring substituents is 1. The van der Waals surface area contributed by atoms with Crippen molar-refractivity contribution in [3.8, 4) is 6.07 Å². The van der Waals surface area contributed by atoms with Crippen LogP contribution in [0, 0.1) is 21.4 Å². The van der Waals surface area contributed by atoms with Gasteiger partial charge in [-0.2, -0.15) is 18.4 Å². The molecule has 0 aliphatic carbocycles. The Morgan fingerprint density at radius 3 is 2.51 bits per heavy atom. The summed E-state index contributed by atoms with van der Waals surface area (Å²) in [5.41, 5.74) is -2.54. The van der Waals surface area contributed by atoms with Crippen LogP contribution in [0.25, 0.3) is 0 Å². The SMILES string of the molecule is CCOC(=O)c1cc(C#N)c(N2CCN(C(=O)Nc3cccc([N+](=O)[O-])c3)CC2)nc1C(F)(F)F. The van der Waals surface area contributed by atoms with Gasteiger partial charge < -0.3 is 19.9 Å². The molecule has 1 aromatic carbocycles. The smallest absolute Gasteiger partial charge is 0.434 e. The van der Waals surface area contributed by atoms with Crippen molar-refractivity contribution in [2.75, 3.05) is 43.0 Å². The molecule has 2 aromatic rings. The van der Waals surface area contributed by atoms with Gasteiger partial charge in [-0.25, -0.2) is 14.6 Å². The molecule has 0 saturated carbocycles. The lowest BCUT2D eigenvalue weighted by Gasteiger charge is -2.36. The summed E-state index contributed by atoms with van der Waals surface area (Å²) in [5, 5.41) is 22.9. The molecule has 0 spiro atoms. The molecule has 2 amide bonds. The van der Waals surface area contributed by atoms with Crippen molar-refractivity contribution in [3.63, 3.8) is 0 Å². The van der Waals surface area contributed by atoms with Gasteiger partial charge in [0.1, 0.15) is 11.9 Å². The first-order valence-corrected chi connectivity index (χ1v) is 10.3. The summed E-state index contributed by atoms with van der Waals surface area (Å²) >= 11 is 0. The lowest BCUT2D eigenvalue weighted by Crippen LogP contribution is -2.50. The number of esters is 1. The van der Waals surface area contributed by atoms with E-state index in [1.165, 1.54) is 41.0 Å². The van der Waals surface area contributed by atoms with E-state index in [0.717, 1.165) is 6.07 Å². The molecule has 1 aliphatic rings. The maximum Gasteiger partial charge on any atom is 0.434 e. The van der Waals surface area contributed by atoms with E-state index in [2.05, 4.69) is 15.0 Å². The average Bonchev–Trinajstić information content (AvgIpc) is 2.83. The van der Waals surface area contributed by atoms with Crippen LogP contribution < -0.4 is 10.2 Å². The number of ether oxygens (including phenoxy) is 1. The molecular formula is C21H19F3N6O5. The highest BCUT2D eigenvalue weighted by atomic mass is 19.4. The number of rotatable bonds is 5. The number of carbonyl (C=O) groups excluding carboxylic acids is 2. The van der Waals surface area contributed by atoms with Crippen molar-refractivity contribution in [2.24, 2.45) is 0 Å². The minimum Gasteiger partial charge on any atom is -0.462 e. The van der Waals surface area contributed by atoms with Crippen LogP contribution in [-0.2, 0) is 10.9 Å². The summed E-state index contributed by atoms with van der Waals surface area (Å²) in [6.45, 7) is 1.55. The number of pyridine rings is 1. The number of nitro groups is 1. The molecule has 11 nitrogen and oxygen atoms in total. The number of nitro benzene ring substituents is 1. The number of piperazine rings is 1. The third kappa shape index (κ3) is 5.75. The highest BCUT2D eigenvalue weighted by Crippen LogP contribution is 2.34. The standard InChI is InChI=1S/C21H19F3N6O5/c1-2-35-19(31)16-10-13(12-25)18(27-17(16)21(22,23)24)28-6-8-29(9-7-28)20(32)26-14-4-3-5-15(11-14)30(33)34/h3-5,10-11H,2,6-9H2,1H3,(H,26,32). The number of hydrogen-bond acceptors (Lipinski definition) is 8. The van der Waals surface area contributed by atoms with Gasteiger partial charge in [-0.3, -0.25) is 10.1 Å². The van der Waals surface area contributed by atoms with Gasteiger partial charge in [0.25, 0.3) is 5.69 Å². The van der Waals surface area contributed by atoms with Gasteiger partial charge in [-0.1, -0.05) is 6.07 Å². The first-order valence-electron chi connectivity index (χ1n) is 10.3. The third-order valence-corrected chi connectivity index (χ3v) is 5.06. The second-order valence-corrected chi connectivity index (χ2v) is 7.30. The highest BCUT2D eigenvalue weighted by Gasteiger charge is 2.40. The minimum absolute atomic E-state index is 0.0556. The Labute approximate surface area is 196 Å². The van der Waals surface area contributed by atoms with Crippen LogP contribution >= 0.6 is 0 Å². The largest absolute Gasteiger partial charge is 0.462 e. The fourth-order valence-electron chi connectivity index (χ4n) is 3.43. The Morgan fingerprint density at radius 1 is 1.26 bits per heavy atom. The predicted molar refractivity (Wildman–Crippen MR) is 116 cm³/mol. The molecule has 184 valence electrons. The zero-order valence-corrected chi connectivity index (χ0v) is 18.3. The summed E-state index contributed by atoms with van der Waals surface area (Å²) in [4.78, 5) is 41.2. The molecule has 0 atom stereocenters. The first kappa shape index (κ1) is 25.2. The number of alkyl halides is 3. The summed E-state index contributed by atoms with van der Waals surface area (Å²) in [6.07, 6.45) is -4.97. The fraction of sp³-hybridized carbons (Fsp3) is 0.333. The van der Waals surface area contributed by atoms with Gasteiger partial charge in [0.2, 0.25) is 0 Å². The van der Waals surface area contributed by atoms with Gasteiger partial charge >= 0.3 is 18.2 Å². The number of urea groups is 1. The van der Waals surface area contributed by atoms with E-state index in [-0.39, 0.29) is 55.5 Å². The number of halogens is 3. The summed E-state index contributed by atoms with van der Waals surface area (Å²) in [6, 6.07) is 7.39. The molecular weight excluding hydrogens is 473 g/mol. The van der Waals surface area contributed by atoms with Crippen LogP contribution in [0.1, 0.15) is 28.5 Å². The molecule has 3 rings (SSSR count). The molecule has 0 radical (unpaired) electrons. The topological polar surface area (TPSA) is 142 Å². The Bertz CT molecular complexity index is 1190. The van der Waals surface area contributed by atoms with E-state index < -0.39 is 34.4 Å². The molecule has 1 fully saturated rings. The van der Waals surface area contributed by atoms with Crippen LogP contribution in [0.4, 0.5) is 35.2 Å². The maximum atomic E-state index is 13.6. The van der Waals surface area contributed by atoms with Crippen LogP contribution in [0.2, 0.25) is 0 Å². The Morgan fingerprint density at radius 2 is 1.94 bits per heavy atom. The number of anilines is 2. The molecule has 35 heavy (non-hydrogen) atoms. The number of carbonyl (C=O) groups is 2. The van der Waals surface area contributed by atoms with Crippen LogP contribution in [0.15, 0.2) is 30.3 Å². The van der Waals surface area contributed by atoms with Crippen LogP contribution in [0.5, 0.6) is 0 Å². The van der Waals surface area contributed by atoms with Gasteiger partial charge in [0, 0.05) is 44.0 Å². The van der Waals surface area contributed by atoms with Crippen LogP contribution in [-0.4, -0.2) is 59.6 Å². The fourth-order valence-corrected chi connectivity index (χ4v) is 3.43. The second kappa shape index (κ2) is 10.2. The molecule has 2 heterocycles. The number of aromatic nitrogens is 1. The van der Waals surface area contributed by atoms with Crippen molar-refractivity contribution in [2.45, 2.75) is 13.1 Å². The Kier molecular flexibility index (Phi) is 7.38. The monoisotopic (exact) mass is 492 g/mol. The van der Waals surface area contributed by atoms with Crippen molar-refractivity contribution in [3.05, 3.63) is 57.3 Å². The summed E-state index contributed by atoms with van der Waals surface area (Å²) in [5.74, 6) is -1.50. The summed E-state index contributed by atoms with van der Waals surface area (Å²) < 4.78 is 45.5. The zero-order chi connectivity index (χ0) is 25.8. The van der Waals surface area contributed by atoms with Crippen molar-refractivity contribution in [1.29, 1.82) is 5.26 Å². The van der Waals surface area contributed by atoms with Crippen molar-refractivity contribution in [1.82, 2.24) is 9.88 Å². The lowest BCUT2D eigenvalue weighted by molar-refractivity contribution is -0.384. The van der Waals surface area contributed by atoms with E-state index in [0.29, 0.717) is 0 Å². The zero-order valence-electron chi connectivity index (χ0n) is 18.3. The quantitative estimate of drug-likeness (QED) is 0.380. The van der Waals surface area contributed by atoms with E-state index in [4.69, 9.17) is 0 Å². The first-order chi connectivity index (χ1) is 16.5. The van der Waals surface area contributed by atoms with Crippen molar-refractivity contribution < 1.29 is 32.4 Å². The molecule has 1 aromatic heterocycles. The van der Waals surface area contributed by atoms with Gasteiger partial charge in [0.05, 0.1) is 22.7 Å². The van der Waals surface area contributed by atoms with Gasteiger partial charge in [0.15, 0.2) is 5.69 Å². The number of nitrogens with zero attached hydrogens (tertiary/aromatic N) is 5. The molecule has 0 bridgehead atoms. The number of benzene rings is 1. The van der Waals surface area contributed by atoms with E-state index in [1.807, 2.05) is 0 Å². The number of amides is 2. The van der Waals surface area contributed by atoms with Gasteiger partial charge in [-0.15, -0.1) is 0 Å². The molecule has 0 unspecified atom stereocenters. The Hall–Kier alpha value is -4.41. The van der Waals surface area contributed by atoms with Crippen molar-refractivity contribution >= 4 is 29.2 Å². The molecule has 1 aliphatic heterocycles. The van der Waals surface area contributed by atoms with E-state index in [9.17, 15) is 38.1 Å². The van der Waals surface area contributed by atoms with Crippen LogP contribution in [0.3, 0.4) is 0 Å². The highest BCUT2D eigenvalue weighted by molar-refractivity contribution is 5.92.